The van der Waals surface area contributed by atoms with Gasteiger partial charge in [-0.3, -0.25) is 0 Å². The van der Waals surface area contributed by atoms with Crippen LogP contribution in [0.3, 0.4) is 0 Å². The number of hydrogen-bond acceptors (Lipinski definition) is 5. The van der Waals surface area contributed by atoms with Crippen molar-refractivity contribution < 1.29 is 35.3 Å². The molecule has 6 nitrogen and oxygen atoms in total. The van der Waals surface area contributed by atoms with Crippen molar-refractivity contribution >= 4 is 16.2 Å². The maximum absolute atomic E-state index is 13.0. The van der Waals surface area contributed by atoms with E-state index in [1.54, 1.807) is 18.0 Å². The molecule has 1 unspecified atom stereocenters. The quantitative estimate of drug-likeness (QED) is 0.234. The van der Waals surface area contributed by atoms with E-state index in [4.69, 9.17) is 4.74 Å². The van der Waals surface area contributed by atoms with Gasteiger partial charge in [-0.2, -0.15) is 21.6 Å². The van der Waals surface area contributed by atoms with Gasteiger partial charge in [0.05, 0.1) is 0 Å². The molecule has 0 heterocycles. The molecule has 0 aliphatic heterocycles. The summed E-state index contributed by atoms with van der Waals surface area (Å²) >= 11 is 0. The van der Waals surface area contributed by atoms with Crippen molar-refractivity contribution in [1.29, 1.82) is 0 Å². The third kappa shape index (κ3) is 4.56. The Morgan fingerprint density at radius 3 is 2.28 bits per heavy atom. The van der Waals surface area contributed by atoms with Gasteiger partial charge in [0, 0.05) is 18.5 Å². The Hall–Kier alpha value is -1.71. The van der Waals surface area contributed by atoms with E-state index >= 15 is 0 Å². The van der Waals surface area contributed by atoms with Crippen LogP contribution in [-0.2, 0) is 19.0 Å². The Labute approximate surface area is 212 Å². The predicted octanol–water partition coefficient (Wildman–Crippen LogP) is 6.54. The lowest BCUT2D eigenvalue weighted by atomic mass is 9.48. The number of hydrogen-bond donors (Lipinski definition) is 0. The summed E-state index contributed by atoms with van der Waals surface area (Å²) in [5.41, 5.74) is -5.42. The van der Waals surface area contributed by atoms with Gasteiger partial charge in [0.15, 0.2) is 0 Å². The van der Waals surface area contributed by atoms with E-state index in [0.717, 1.165) is 32.1 Å². The number of amides is 1. The second kappa shape index (κ2) is 8.67. The van der Waals surface area contributed by atoms with E-state index in [1.807, 2.05) is 27.7 Å². The number of allylic oxidation sites excluding steroid dienone is 3. The van der Waals surface area contributed by atoms with Crippen LogP contribution in [-0.4, -0.2) is 43.6 Å². The Kier molecular flexibility index (Phi) is 6.58. The summed E-state index contributed by atoms with van der Waals surface area (Å²) in [6.45, 7) is 9.70. The van der Waals surface area contributed by atoms with Crippen molar-refractivity contribution in [2.75, 3.05) is 7.05 Å². The van der Waals surface area contributed by atoms with Crippen LogP contribution in [0.4, 0.5) is 18.0 Å². The summed E-state index contributed by atoms with van der Waals surface area (Å²) in [7, 11) is -3.89. The Morgan fingerprint density at radius 1 is 1.03 bits per heavy atom. The SMILES string of the molecule is CN(C(=O)OC(C)(C)C)[C@H]1CC[C@@]2(C)C(=CC[C@@H]3C2CC[C@]2(C)C(OS(=O)(=O)C(F)(F)F)=CC[C@@H]32)C1. The molecule has 4 aliphatic carbocycles. The first-order valence-corrected chi connectivity index (χ1v) is 14.2. The standard InChI is InChI=1S/C26H38F3NO5S/c1-23(2,3)34-22(31)30(6)17-11-13-24(4)16(15-17)7-8-18-19-9-10-21(25(19,5)14-12-20(18)24)35-36(32,33)26(27,28)29/h7,10,17-20H,8-9,11-15H2,1-6H3/t17-,18-,19-,20?,24-,25-/m0/s1. The van der Waals surface area contributed by atoms with Gasteiger partial charge in [-0.25, -0.2) is 4.79 Å². The Bertz CT molecular complexity index is 1080. The van der Waals surface area contributed by atoms with Crippen LogP contribution >= 0.6 is 0 Å². The monoisotopic (exact) mass is 533 g/mol. The molecule has 10 heteroatoms. The van der Waals surface area contributed by atoms with E-state index in [2.05, 4.69) is 17.2 Å². The second-order valence-electron chi connectivity index (χ2n) is 12.5. The highest BCUT2D eigenvalue weighted by molar-refractivity contribution is 7.87. The molecule has 6 atom stereocenters. The van der Waals surface area contributed by atoms with Gasteiger partial charge in [0.25, 0.3) is 0 Å². The van der Waals surface area contributed by atoms with Crippen molar-refractivity contribution in [3.05, 3.63) is 23.5 Å². The molecule has 0 spiro atoms. The zero-order valence-corrected chi connectivity index (χ0v) is 22.8. The highest BCUT2D eigenvalue weighted by atomic mass is 32.2. The fraction of sp³-hybridized carbons (Fsp3) is 0.808. The molecule has 0 aromatic rings. The van der Waals surface area contributed by atoms with Gasteiger partial charge >= 0.3 is 21.7 Å². The van der Waals surface area contributed by atoms with Crippen molar-refractivity contribution in [2.24, 2.45) is 28.6 Å². The van der Waals surface area contributed by atoms with Crippen molar-refractivity contribution in [3.63, 3.8) is 0 Å². The zero-order valence-electron chi connectivity index (χ0n) is 21.9. The fourth-order valence-corrected chi connectivity index (χ4v) is 7.87. The molecular weight excluding hydrogens is 495 g/mol. The smallest absolute Gasteiger partial charge is 0.444 e. The van der Waals surface area contributed by atoms with Gasteiger partial charge in [0.1, 0.15) is 11.4 Å². The largest absolute Gasteiger partial charge is 0.534 e. The van der Waals surface area contributed by atoms with E-state index in [1.165, 1.54) is 5.57 Å². The molecule has 0 saturated heterocycles. The zero-order chi connectivity index (χ0) is 26.9. The lowest BCUT2D eigenvalue weighted by Crippen LogP contribution is -2.52. The number of ether oxygens (including phenoxy) is 1. The number of nitrogens with zero attached hydrogens (tertiary/aromatic N) is 1. The van der Waals surface area contributed by atoms with Crippen molar-refractivity contribution in [3.8, 4) is 0 Å². The minimum absolute atomic E-state index is 0.0338. The summed E-state index contributed by atoms with van der Waals surface area (Å²) in [5, 5.41) is 0. The summed E-state index contributed by atoms with van der Waals surface area (Å²) < 4.78 is 72.6. The van der Waals surface area contributed by atoms with Crippen LogP contribution in [0.1, 0.15) is 79.6 Å². The van der Waals surface area contributed by atoms with Gasteiger partial charge in [-0.05, 0) is 95.0 Å². The maximum atomic E-state index is 13.0. The molecule has 1 amide bonds. The average Bonchev–Trinajstić information content (AvgIpc) is 3.06. The Morgan fingerprint density at radius 2 is 1.67 bits per heavy atom. The third-order valence-electron chi connectivity index (χ3n) is 9.30. The van der Waals surface area contributed by atoms with Gasteiger partial charge in [-0.15, -0.1) is 0 Å². The van der Waals surface area contributed by atoms with Crippen LogP contribution in [0.25, 0.3) is 0 Å². The summed E-state index contributed by atoms with van der Waals surface area (Å²) in [6, 6.07) is 0.0605. The topological polar surface area (TPSA) is 72.9 Å². The lowest BCUT2D eigenvalue weighted by molar-refractivity contribution is -0.0579. The molecule has 204 valence electrons. The fourth-order valence-electron chi connectivity index (χ4n) is 7.28. The second-order valence-corrected chi connectivity index (χ2v) is 14.0. The van der Waals surface area contributed by atoms with Crippen LogP contribution in [0.5, 0.6) is 0 Å². The van der Waals surface area contributed by atoms with Crippen molar-refractivity contribution in [2.45, 2.75) is 96.7 Å². The molecular formula is C26H38F3NO5S. The van der Waals surface area contributed by atoms with Gasteiger partial charge in [-0.1, -0.05) is 25.5 Å². The van der Waals surface area contributed by atoms with Crippen LogP contribution in [0.15, 0.2) is 23.5 Å². The van der Waals surface area contributed by atoms with Gasteiger partial charge < -0.3 is 13.8 Å². The number of carbonyl (C=O) groups is 1. The van der Waals surface area contributed by atoms with Gasteiger partial charge in [0.2, 0.25) is 0 Å². The molecule has 0 radical (unpaired) electrons. The van der Waals surface area contributed by atoms with Crippen LogP contribution in [0, 0.1) is 28.6 Å². The first kappa shape index (κ1) is 27.3. The number of fused-ring (bicyclic) bond motifs is 5. The first-order valence-electron chi connectivity index (χ1n) is 12.8. The number of halogens is 3. The highest BCUT2D eigenvalue weighted by Gasteiger charge is 2.59. The normalized spacial score (nSPS) is 36.6. The molecule has 36 heavy (non-hydrogen) atoms. The average molecular weight is 534 g/mol. The molecule has 0 aromatic heterocycles. The van der Waals surface area contributed by atoms with Crippen molar-refractivity contribution in [1.82, 2.24) is 4.90 Å². The lowest BCUT2D eigenvalue weighted by Gasteiger charge is -2.58. The molecule has 0 bridgehead atoms. The number of alkyl halides is 3. The Balaban J connectivity index is 1.50. The number of rotatable bonds is 3. The van der Waals surface area contributed by atoms with E-state index in [9.17, 15) is 26.4 Å². The highest BCUT2D eigenvalue weighted by Crippen LogP contribution is 2.65. The first-order chi connectivity index (χ1) is 16.4. The molecule has 0 aromatic carbocycles. The summed E-state index contributed by atoms with van der Waals surface area (Å²) in [4.78, 5) is 14.3. The summed E-state index contributed by atoms with van der Waals surface area (Å²) in [6.07, 6.45) is 8.76. The minimum Gasteiger partial charge on any atom is -0.444 e. The molecule has 0 N–H and O–H groups in total. The van der Waals surface area contributed by atoms with E-state index in [-0.39, 0.29) is 35.1 Å². The van der Waals surface area contributed by atoms with Crippen LogP contribution < -0.4 is 0 Å². The van der Waals surface area contributed by atoms with E-state index in [0.29, 0.717) is 18.8 Å². The molecule has 2 fully saturated rings. The molecule has 4 aliphatic rings. The molecule has 2 saturated carbocycles. The number of carbonyl (C=O) groups excluding carboxylic acids is 1. The predicted molar refractivity (Wildman–Crippen MR) is 129 cm³/mol. The van der Waals surface area contributed by atoms with E-state index < -0.39 is 26.6 Å². The maximum Gasteiger partial charge on any atom is 0.534 e. The minimum atomic E-state index is -5.69. The molecule has 4 rings (SSSR count). The third-order valence-corrected chi connectivity index (χ3v) is 10.3. The van der Waals surface area contributed by atoms with Crippen LogP contribution in [0.2, 0.25) is 0 Å². The summed E-state index contributed by atoms with van der Waals surface area (Å²) in [5.74, 6) is 0.580.